The maximum absolute atomic E-state index is 12.6. The first-order valence-electron chi connectivity index (χ1n) is 33.6. The molecule has 5 heterocycles. The molecule has 3 aliphatic rings. The van der Waals surface area contributed by atoms with Crippen LogP contribution in [0.25, 0.3) is 0 Å². The second kappa shape index (κ2) is 34.4. The van der Waals surface area contributed by atoms with Gasteiger partial charge < -0.3 is 49.2 Å². The minimum Gasteiger partial charge on any atom is -0.477 e. The Kier molecular flexibility index (Phi) is 29.5. The van der Waals surface area contributed by atoms with Gasteiger partial charge >= 0.3 is 59.7 Å². The van der Waals surface area contributed by atoms with E-state index in [1.807, 2.05) is 124 Å². The predicted octanol–water partition coefficient (Wildman–Crippen LogP) is 18.0. The molecular weight excluding hydrogens is 1380 g/mol. The van der Waals surface area contributed by atoms with Crippen molar-refractivity contribution in [2.24, 2.45) is 27.1 Å². The van der Waals surface area contributed by atoms with Crippen LogP contribution in [0.5, 0.6) is 0 Å². The molecule has 8 rings (SSSR count). The molecule has 3 fully saturated rings. The number of thiophene rings is 5. The van der Waals surface area contributed by atoms with Gasteiger partial charge in [0.05, 0.1) is 27.1 Å². The van der Waals surface area contributed by atoms with E-state index in [2.05, 4.69) is 0 Å². The number of rotatable bonds is 22. The van der Waals surface area contributed by atoms with Crippen LogP contribution in [0.4, 0.5) is 0 Å². The van der Waals surface area contributed by atoms with Crippen molar-refractivity contribution in [3.8, 4) is 0 Å². The lowest BCUT2D eigenvalue weighted by Crippen LogP contribution is -2.44. The number of carboxylic acids is 5. The Morgan fingerprint density at radius 2 is 0.570 bits per heavy atom. The molecule has 20 nitrogen and oxygen atoms in total. The number of carboxylic acid groups (broad SMARTS) is 5. The first-order valence-corrected chi connectivity index (χ1v) is 37.7. The summed E-state index contributed by atoms with van der Waals surface area (Å²) in [7, 11) is 0. The summed E-state index contributed by atoms with van der Waals surface area (Å²) < 4.78 is 27.5. The van der Waals surface area contributed by atoms with Crippen molar-refractivity contribution in [2.75, 3.05) is 0 Å². The molecule has 0 amide bonds. The molecule has 554 valence electrons. The number of esters is 5. The van der Waals surface area contributed by atoms with Gasteiger partial charge in [0, 0.05) is 24.4 Å². The lowest BCUT2D eigenvalue weighted by atomic mass is 9.66. The SMILES string of the molecule is CC(C)(C)OC(=O)C(C)(C)Cc1ccc(C(=O)O)s1.CC(C)(C)OC(=O)C1(Cc2ccc(C(=O)O)s2)CC1.CC(C)(C)OC(=O)C1(Cc2ccc(C(=O)O)s2)CCC1.CC(C)(C)OC(=O)C1(Cc2ccc(C(=O)O)s2)CCCC1.CCC(CC)(Cc1ccc(C(=O)O)s1)C(=O)OC(C)(C)C. The highest BCUT2D eigenvalue weighted by atomic mass is 32.1. The van der Waals surface area contributed by atoms with Crippen LogP contribution in [-0.4, -0.2) is 113 Å². The van der Waals surface area contributed by atoms with Gasteiger partial charge in [-0.3, -0.25) is 24.0 Å². The summed E-state index contributed by atoms with van der Waals surface area (Å²) in [6.45, 7) is 35.4. The fourth-order valence-electron chi connectivity index (χ4n) is 10.8. The molecule has 25 heteroatoms. The lowest BCUT2D eigenvalue weighted by Gasteiger charge is -2.40. The Labute approximate surface area is 608 Å². The highest BCUT2D eigenvalue weighted by Gasteiger charge is 2.53. The zero-order valence-electron chi connectivity index (χ0n) is 61.5. The van der Waals surface area contributed by atoms with Gasteiger partial charge in [-0.2, -0.15) is 0 Å². The van der Waals surface area contributed by atoms with Crippen LogP contribution in [0.2, 0.25) is 0 Å². The van der Waals surface area contributed by atoms with Gasteiger partial charge in [-0.05, 0) is 262 Å². The molecule has 5 N–H and O–H groups in total. The van der Waals surface area contributed by atoms with E-state index in [-0.39, 0.29) is 34.7 Å². The minimum atomic E-state index is -0.939. The number of carbonyl (C=O) groups excluding carboxylic acids is 5. The van der Waals surface area contributed by atoms with Crippen molar-refractivity contribution < 1.29 is 97.2 Å². The average Bonchev–Trinajstić information content (AvgIpc) is 1.50. The van der Waals surface area contributed by atoms with Gasteiger partial charge in [0.15, 0.2) is 0 Å². The van der Waals surface area contributed by atoms with Crippen LogP contribution in [0.1, 0.15) is 275 Å². The molecule has 5 aromatic heterocycles. The van der Waals surface area contributed by atoms with Gasteiger partial charge in [-0.15, -0.1) is 56.7 Å². The highest BCUT2D eigenvalue weighted by Crippen LogP contribution is 2.51. The average molecular weight is 1490 g/mol. The van der Waals surface area contributed by atoms with Crippen molar-refractivity contribution in [3.05, 3.63) is 109 Å². The molecule has 3 saturated carbocycles. The highest BCUT2D eigenvalue weighted by molar-refractivity contribution is 7.15. The van der Waals surface area contributed by atoms with Gasteiger partial charge in [0.25, 0.3) is 0 Å². The lowest BCUT2D eigenvalue weighted by molar-refractivity contribution is -0.173. The smallest absolute Gasteiger partial charge is 0.345 e. The molecule has 5 aromatic rings. The Hall–Kier alpha value is -6.80. The molecule has 100 heavy (non-hydrogen) atoms. The van der Waals surface area contributed by atoms with Crippen molar-refractivity contribution in [3.63, 3.8) is 0 Å². The molecule has 0 radical (unpaired) electrons. The Balaban J connectivity index is 0.000000265. The zero-order chi connectivity index (χ0) is 76.0. The van der Waals surface area contributed by atoms with Crippen molar-refractivity contribution >= 4 is 116 Å². The van der Waals surface area contributed by atoms with E-state index in [4.69, 9.17) is 49.2 Å². The molecule has 0 spiro atoms. The summed E-state index contributed by atoms with van der Waals surface area (Å²) in [5.74, 6) is -5.54. The fraction of sp³-hybridized carbons (Fsp3) is 0.600. The first-order chi connectivity index (χ1) is 45.8. The maximum atomic E-state index is 12.6. The molecule has 0 atom stereocenters. The number of aromatic carboxylic acids is 5. The second-order valence-corrected chi connectivity index (χ2v) is 37.4. The minimum absolute atomic E-state index is 0.141. The molecular formula is C75H104O20S5. The van der Waals surface area contributed by atoms with E-state index in [9.17, 15) is 47.9 Å². The zero-order valence-corrected chi connectivity index (χ0v) is 65.6. The third-order valence-corrected chi connectivity index (χ3v) is 21.8. The number of carbonyl (C=O) groups is 10. The maximum Gasteiger partial charge on any atom is 0.345 e. The molecule has 0 unspecified atom stereocenters. The summed E-state index contributed by atoms with van der Waals surface area (Å²) in [4.78, 5) is 122. The predicted molar refractivity (Wildman–Crippen MR) is 390 cm³/mol. The summed E-state index contributed by atoms with van der Waals surface area (Å²) in [5.41, 5.74) is -5.11. The van der Waals surface area contributed by atoms with Crippen LogP contribution >= 0.6 is 56.7 Å². The third kappa shape index (κ3) is 26.9. The number of ether oxygens (including phenoxy) is 5. The van der Waals surface area contributed by atoms with E-state index >= 15 is 0 Å². The van der Waals surface area contributed by atoms with Crippen LogP contribution in [-0.2, 0) is 79.8 Å². The normalized spacial score (nSPS) is 15.3. The number of hydrogen-bond acceptors (Lipinski definition) is 20. The molecule has 3 aliphatic carbocycles. The fourth-order valence-corrected chi connectivity index (χ4v) is 15.8. The van der Waals surface area contributed by atoms with Crippen LogP contribution in [0, 0.1) is 27.1 Å². The largest absolute Gasteiger partial charge is 0.477 e. The molecule has 0 saturated heterocycles. The Bertz CT molecular complexity index is 3480. The quantitative estimate of drug-likeness (QED) is 0.0317. The van der Waals surface area contributed by atoms with E-state index in [0.29, 0.717) is 64.5 Å². The van der Waals surface area contributed by atoms with Crippen molar-refractivity contribution in [1.29, 1.82) is 0 Å². The first kappa shape index (κ1) is 85.6. The molecule has 0 aromatic carbocycles. The van der Waals surface area contributed by atoms with Gasteiger partial charge in [0.2, 0.25) is 0 Å². The Morgan fingerprint density at radius 1 is 0.330 bits per heavy atom. The second-order valence-electron chi connectivity index (χ2n) is 31.5. The van der Waals surface area contributed by atoms with Crippen LogP contribution < -0.4 is 0 Å². The van der Waals surface area contributed by atoms with Gasteiger partial charge in [-0.25, -0.2) is 24.0 Å². The van der Waals surface area contributed by atoms with Gasteiger partial charge in [0.1, 0.15) is 52.4 Å². The van der Waals surface area contributed by atoms with Crippen molar-refractivity contribution in [2.45, 2.75) is 262 Å². The monoisotopic (exact) mass is 1480 g/mol. The Morgan fingerprint density at radius 3 is 0.800 bits per heavy atom. The summed E-state index contributed by atoms with van der Waals surface area (Å²) >= 11 is 6.16. The number of hydrogen-bond donors (Lipinski definition) is 5. The van der Waals surface area contributed by atoms with Crippen LogP contribution in [0.15, 0.2) is 60.7 Å². The van der Waals surface area contributed by atoms with Crippen LogP contribution in [0.3, 0.4) is 0 Å². The molecule has 0 bridgehead atoms. The standard InChI is InChI=1S/C16H22O4S.C16H24O4S.C15H20O4S.C14H18O4S.C14H20O4S/c1-15(2,3)20-14(19)16(8-4-5-9-16)10-11-6-7-12(21-11)13(17)18;1-6-16(7-2,14(19)20-15(3,4)5)10-11-8-9-12(21-11)13(17)18;1-14(2,3)19-13(18)15(7-4-8-15)9-10-5-6-11(20-10)12(16)17;1-13(2,3)18-12(17)14(6-7-14)8-9-4-5-10(19-9)11(15)16;1-13(2,3)18-12(17)14(4,5)8-9-6-7-10(19-9)11(15)16/h6-7H,4-5,8-10H2,1-3H3,(H,17,18);8-9H,6-7,10H2,1-5H3,(H,17,18);5-6H,4,7-9H2,1-3H3,(H,16,17);4-5H,6-8H2,1-3H3,(H,15,16);6-7H,8H2,1-5H3,(H,15,16). The topological polar surface area (TPSA) is 318 Å². The van der Waals surface area contributed by atoms with E-state index in [0.717, 1.165) is 82.2 Å². The molecule has 0 aliphatic heterocycles. The van der Waals surface area contributed by atoms with E-state index < -0.39 is 84.9 Å². The van der Waals surface area contributed by atoms with Crippen molar-refractivity contribution in [1.82, 2.24) is 0 Å². The summed E-state index contributed by atoms with van der Waals surface area (Å²) in [6.07, 6.45) is 12.1. The summed E-state index contributed by atoms with van der Waals surface area (Å²) in [5, 5.41) is 44.7. The van der Waals surface area contributed by atoms with E-state index in [1.165, 1.54) is 56.7 Å². The third-order valence-electron chi connectivity index (χ3n) is 16.4. The van der Waals surface area contributed by atoms with E-state index in [1.54, 1.807) is 68.4 Å². The summed E-state index contributed by atoms with van der Waals surface area (Å²) in [6, 6.07) is 16.9. The van der Waals surface area contributed by atoms with Gasteiger partial charge in [-0.1, -0.05) is 33.1 Å².